The highest BCUT2D eigenvalue weighted by atomic mass is 19.1. The Kier molecular flexibility index (Phi) is 6.76. The van der Waals surface area contributed by atoms with Crippen molar-refractivity contribution in [1.29, 1.82) is 0 Å². The van der Waals surface area contributed by atoms with Gasteiger partial charge in [-0.3, -0.25) is 9.59 Å². The topological polar surface area (TPSA) is 58.2 Å². The van der Waals surface area contributed by atoms with Gasteiger partial charge in [0.2, 0.25) is 5.91 Å². The van der Waals surface area contributed by atoms with E-state index < -0.39 is 11.9 Å². The van der Waals surface area contributed by atoms with Crippen LogP contribution >= 0.6 is 0 Å². The Morgan fingerprint density at radius 1 is 1.04 bits per heavy atom. The molecule has 0 bridgehead atoms. The third kappa shape index (κ3) is 5.32. The van der Waals surface area contributed by atoms with Gasteiger partial charge in [-0.15, -0.1) is 0 Å². The molecule has 2 amide bonds. The van der Waals surface area contributed by atoms with Gasteiger partial charge in [-0.2, -0.15) is 0 Å². The second-order valence-electron chi connectivity index (χ2n) is 6.90. The Hall–Kier alpha value is -1.91. The lowest BCUT2D eigenvalue weighted by molar-refractivity contribution is -0.124. The van der Waals surface area contributed by atoms with E-state index >= 15 is 0 Å². The first-order valence-corrected chi connectivity index (χ1v) is 8.84. The Bertz CT molecular complexity index is 549. The van der Waals surface area contributed by atoms with Crippen molar-refractivity contribution in [1.82, 2.24) is 10.6 Å². The number of benzene rings is 1. The van der Waals surface area contributed by atoms with Crippen molar-refractivity contribution in [2.45, 2.75) is 64.5 Å². The van der Waals surface area contributed by atoms with E-state index in [1.54, 1.807) is 0 Å². The van der Waals surface area contributed by atoms with Gasteiger partial charge in [0.1, 0.15) is 11.9 Å². The molecule has 0 heterocycles. The highest BCUT2D eigenvalue weighted by molar-refractivity contribution is 5.97. The van der Waals surface area contributed by atoms with E-state index in [0.29, 0.717) is 5.56 Å². The van der Waals surface area contributed by atoms with E-state index in [9.17, 15) is 14.0 Å². The molecule has 4 nitrogen and oxygen atoms in total. The summed E-state index contributed by atoms with van der Waals surface area (Å²) in [6.07, 6.45) is 6.73. The molecule has 0 unspecified atom stereocenters. The molecule has 1 atom stereocenters. The van der Waals surface area contributed by atoms with Crippen molar-refractivity contribution >= 4 is 11.8 Å². The Balaban J connectivity index is 1.98. The molecule has 1 aliphatic rings. The largest absolute Gasteiger partial charge is 0.352 e. The van der Waals surface area contributed by atoms with E-state index in [2.05, 4.69) is 10.6 Å². The summed E-state index contributed by atoms with van der Waals surface area (Å²) in [6, 6.07) is 4.93. The van der Waals surface area contributed by atoms with Crippen molar-refractivity contribution in [2.24, 2.45) is 5.92 Å². The predicted molar refractivity (Wildman–Crippen MR) is 92.1 cm³/mol. The average molecular weight is 334 g/mol. The molecule has 24 heavy (non-hydrogen) atoms. The third-order valence-corrected chi connectivity index (χ3v) is 4.54. The molecule has 2 N–H and O–H groups in total. The minimum atomic E-state index is -0.592. The molecule has 2 rings (SSSR count). The maximum atomic E-state index is 13.0. The van der Waals surface area contributed by atoms with Gasteiger partial charge in [-0.25, -0.2) is 4.39 Å². The molecule has 5 heteroatoms. The molecule has 0 saturated heterocycles. The van der Waals surface area contributed by atoms with Crippen molar-refractivity contribution in [3.8, 4) is 0 Å². The highest BCUT2D eigenvalue weighted by Gasteiger charge is 2.26. The van der Waals surface area contributed by atoms with Crippen LogP contribution in [0.5, 0.6) is 0 Å². The second kappa shape index (κ2) is 8.81. The number of rotatable bonds is 5. The van der Waals surface area contributed by atoms with Crippen LogP contribution in [0.15, 0.2) is 24.3 Å². The summed E-state index contributed by atoms with van der Waals surface area (Å²) < 4.78 is 13.0. The monoisotopic (exact) mass is 334 g/mol. The van der Waals surface area contributed by atoms with E-state index in [0.717, 1.165) is 25.7 Å². The first-order valence-electron chi connectivity index (χ1n) is 8.84. The predicted octanol–water partition coefficient (Wildman–Crippen LogP) is 3.42. The summed E-state index contributed by atoms with van der Waals surface area (Å²) in [6.45, 7) is 3.81. The molecule has 0 radical (unpaired) electrons. The van der Waals surface area contributed by atoms with Crippen LogP contribution in [0.2, 0.25) is 0 Å². The zero-order chi connectivity index (χ0) is 17.5. The van der Waals surface area contributed by atoms with E-state index in [4.69, 9.17) is 0 Å². The lowest BCUT2D eigenvalue weighted by Gasteiger charge is -2.25. The van der Waals surface area contributed by atoms with Crippen LogP contribution in [-0.2, 0) is 4.79 Å². The second-order valence-corrected chi connectivity index (χ2v) is 6.90. The molecule has 0 spiro atoms. The van der Waals surface area contributed by atoms with Crippen molar-refractivity contribution in [2.75, 3.05) is 0 Å². The molecule has 1 aromatic rings. The fourth-order valence-electron chi connectivity index (χ4n) is 3.08. The van der Waals surface area contributed by atoms with Gasteiger partial charge in [0.15, 0.2) is 0 Å². The van der Waals surface area contributed by atoms with Gasteiger partial charge in [-0.1, -0.05) is 39.5 Å². The quantitative estimate of drug-likeness (QED) is 0.811. The van der Waals surface area contributed by atoms with Crippen molar-refractivity contribution < 1.29 is 14.0 Å². The van der Waals surface area contributed by atoms with Gasteiger partial charge >= 0.3 is 0 Å². The maximum Gasteiger partial charge on any atom is 0.251 e. The summed E-state index contributed by atoms with van der Waals surface area (Å²) in [5.74, 6) is -0.907. The number of hydrogen-bond donors (Lipinski definition) is 2. The Morgan fingerprint density at radius 2 is 1.62 bits per heavy atom. The van der Waals surface area contributed by atoms with Gasteiger partial charge in [0.25, 0.3) is 5.91 Å². The molecule has 1 saturated carbocycles. The van der Waals surface area contributed by atoms with Crippen LogP contribution in [0.4, 0.5) is 4.39 Å². The average Bonchev–Trinajstić information content (AvgIpc) is 2.81. The minimum Gasteiger partial charge on any atom is -0.352 e. The SMILES string of the molecule is CC(C)[C@@H](NC(=O)c1ccc(F)cc1)C(=O)NC1CCCCCC1. The normalized spacial score (nSPS) is 17.2. The Labute approximate surface area is 143 Å². The van der Waals surface area contributed by atoms with Crippen LogP contribution in [0.25, 0.3) is 0 Å². The molecule has 0 aromatic heterocycles. The van der Waals surface area contributed by atoms with Crippen LogP contribution in [0, 0.1) is 11.7 Å². The first-order chi connectivity index (χ1) is 11.5. The Morgan fingerprint density at radius 3 is 2.17 bits per heavy atom. The van der Waals surface area contributed by atoms with Crippen LogP contribution < -0.4 is 10.6 Å². The van der Waals surface area contributed by atoms with Crippen molar-refractivity contribution in [3.05, 3.63) is 35.6 Å². The van der Waals surface area contributed by atoms with E-state index in [1.165, 1.54) is 37.1 Å². The first kappa shape index (κ1) is 18.4. The minimum absolute atomic E-state index is 0.0276. The van der Waals surface area contributed by atoms with Gasteiger partial charge < -0.3 is 10.6 Å². The van der Waals surface area contributed by atoms with Gasteiger partial charge in [0, 0.05) is 11.6 Å². The number of carbonyl (C=O) groups is 2. The number of nitrogens with one attached hydrogen (secondary N) is 2. The van der Waals surface area contributed by atoms with Gasteiger partial charge in [-0.05, 0) is 43.0 Å². The fourth-order valence-corrected chi connectivity index (χ4v) is 3.08. The van der Waals surface area contributed by atoms with Gasteiger partial charge in [0.05, 0.1) is 0 Å². The number of amides is 2. The summed E-state index contributed by atoms with van der Waals surface area (Å²) in [5.41, 5.74) is 0.351. The number of halogens is 1. The molecule has 1 aliphatic carbocycles. The van der Waals surface area contributed by atoms with Crippen LogP contribution in [0.1, 0.15) is 62.7 Å². The molecular formula is C19H27FN2O2. The molecule has 1 aromatic carbocycles. The molecular weight excluding hydrogens is 307 g/mol. The molecule has 1 fully saturated rings. The lowest BCUT2D eigenvalue weighted by Crippen LogP contribution is -2.52. The van der Waals surface area contributed by atoms with Crippen LogP contribution in [-0.4, -0.2) is 23.9 Å². The fraction of sp³-hybridized carbons (Fsp3) is 0.579. The number of carbonyl (C=O) groups excluding carboxylic acids is 2. The summed E-state index contributed by atoms with van der Waals surface area (Å²) in [4.78, 5) is 24.9. The molecule has 0 aliphatic heterocycles. The summed E-state index contributed by atoms with van der Waals surface area (Å²) in [5, 5.41) is 5.88. The van der Waals surface area contributed by atoms with E-state index in [-0.39, 0.29) is 23.8 Å². The lowest BCUT2D eigenvalue weighted by atomic mass is 10.0. The zero-order valence-corrected chi connectivity index (χ0v) is 14.5. The van der Waals surface area contributed by atoms with Crippen LogP contribution in [0.3, 0.4) is 0 Å². The maximum absolute atomic E-state index is 13.0. The number of hydrogen-bond acceptors (Lipinski definition) is 2. The standard InChI is InChI=1S/C19H27FN2O2/c1-13(2)17(19(24)21-16-7-5-3-4-6-8-16)22-18(23)14-9-11-15(20)12-10-14/h9-13,16-17H,3-8H2,1-2H3,(H,21,24)(H,22,23)/t17-/m1/s1. The summed E-state index contributed by atoms with van der Waals surface area (Å²) in [7, 11) is 0. The third-order valence-electron chi connectivity index (χ3n) is 4.54. The summed E-state index contributed by atoms with van der Waals surface area (Å²) >= 11 is 0. The highest BCUT2D eigenvalue weighted by Crippen LogP contribution is 2.17. The van der Waals surface area contributed by atoms with E-state index in [1.807, 2.05) is 13.8 Å². The molecule has 132 valence electrons. The smallest absolute Gasteiger partial charge is 0.251 e. The van der Waals surface area contributed by atoms with Crippen molar-refractivity contribution in [3.63, 3.8) is 0 Å². The zero-order valence-electron chi connectivity index (χ0n) is 14.5.